The summed E-state index contributed by atoms with van der Waals surface area (Å²) in [6.45, 7) is 2.98. The Morgan fingerprint density at radius 3 is 3.00 bits per heavy atom. The van der Waals surface area contributed by atoms with E-state index in [0.29, 0.717) is 0 Å². The third-order valence-corrected chi connectivity index (χ3v) is 4.29. The van der Waals surface area contributed by atoms with Crippen molar-refractivity contribution in [3.63, 3.8) is 0 Å². The number of likely N-dealkylation sites (tertiary alicyclic amines) is 1. The fourth-order valence-electron chi connectivity index (χ4n) is 3.19. The average molecular weight is 310 g/mol. The summed E-state index contributed by atoms with van der Waals surface area (Å²) in [5.74, 6) is 0.894. The van der Waals surface area contributed by atoms with E-state index >= 15 is 0 Å². The molecule has 2 aromatic heterocycles. The lowest BCUT2D eigenvalue weighted by molar-refractivity contribution is -0.133. The van der Waals surface area contributed by atoms with Gasteiger partial charge in [0.1, 0.15) is 12.4 Å². The molecule has 1 aromatic carbocycles. The highest BCUT2D eigenvalue weighted by molar-refractivity contribution is 5.78. The number of H-pyrrole nitrogens is 1. The highest BCUT2D eigenvalue weighted by Gasteiger charge is 2.32. The summed E-state index contributed by atoms with van der Waals surface area (Å²) in [5, 5.41) is 8.01. The molecule has 1 atom stereocenters. The van der Waals surface area contributed by atoms with Gasteiger partial charge in [-0.25, -0.2) is 4.98 Å². The molecule has 7 heteroatoms. The Morgan fingerprint density at radius 2 is 2.17 bits per heavy atom. The van der Waals surface area contributed by atoms with Crippen LogP contribution in [0.4, 0.5) is 0 Å². The molecule has 0 bridgehead atoms. The molecule has 1 amide bonds. The number of fused-ring (bicyclic) bond motifs is 1. The second-order valence-corrected chi connectivity index (χ2v) is 5.95. The predicted octanol–water partition coefficient (Wildman–Crippen LogP) is 1.83. The standard InChI is InChI=1S/C16H18N6O/c1-11-4-5-12-13(9-11)20-16(19-12)14-3-2-8-21(14)15(23)10-22-17-6-7-18-22/h4-7,9,14H,2-3,8,10H2,1H3,(H,19,20). The minimum absolute atomic E-state index is 0.00534. The molecule has 3 aromatic rings. The van der Waals surface area contributed by atoms with E-state index in [0.717, 1.165) is 36.2 Å². The Morgan fingerprint density at radius 1 is 1.35 bits per heavy atom. The predicted molar refractivity (Wildman–Crippen MR) is 84.5 cm³/mol. The highest BCUT2D eigenvalue weighted by atomic mass is 16.2. The van der Waals surface area contributed by atoms with Crippen molar-refractivity contribution >= 4 is 16.9 Å². The van der Waals surface area contributed by atoms with Gasteiger partial charge < -0.3 is 9.88 Å². The second kappa shape index (κ2) is 5.49. The van der Waals surface area contributed by atoms with Gasteiger partial charge in [0.05, 0.1) is 29.5 Å². The van der Waals surface area contributed by atoms with Crippen LogP contribution >= 0.6 is 0 Å². The van der Waals surface area contributed by atoms with Crippen molar-refractivity contribution < 1.29 is 4.79 Å². The van der Waals surface area contributed by atoms with Crippen LogP contribution in [-0.2, 0) is 11.3 Å². The van der Waals surface area contributed by atoms with Gasteiger partial charge in [0.15, 0.2) is 0 Å². The molecule has 0 spiro atoms. The van der Waals surface area contributed by atoms with Crippen LogP contribution in [0.2, 0.25) is 0 Å². The lowest BCUT2D eigenvalue weighted by atomic mass is 10.2. The van der Waals surface area contributed by atoms with E-state index in [1.54, 1.807) is 12.4 Å². The zero-order valence-electron chi connectivity index (χ0n) is 12.9. The van der Waals surface area contributed by atoms with E-state index in [1.165, 1.54) is 10.4 Å². The first kappa shape index (κ1) is 13.9. The molecule has 0 saturated carbocycles. The molecule has 3 heterocycles. The molecule has 1 N–H and O–H groups in total. The first-order valence-corrected chi connectivity index (χ1v) is 7.80. The van der Waals surface area contributed by atoms with Gasteiger partial charge in [-0.2, -0.15) is 15.0 Å². The molecule has 1 unspecified atom stereocenters. The van der Waals surface area contributed by atoms with Crippen molar-refractivity contribution in [1.82, 2.24) is 29.9 Å². The van der Waals surface area contributed by atoms with E-state index < -0.39 is 0 Å². The minimum Gasteiger partial charge on any atom is -0.340 e. The van der Waals surface area contributed by atoms with Crippen LogP contribution in [0.25, 0.3) is 11.0 Å². The number of amides is 1. The van der Waals surface area contributed by atoms with Crippen molar-refractivity contribution in [3.05, 3.63) is 42.0 Å². The zero-order chi connectivity index (χ0) is 15.8. The smallest absolute Gasteiger partial charge is 0.246 e. The van der Waals surface area contributed by atoms with Crippen LogP contribution in [0.3, 0.4) is 0 Å². The van der Waals surface area contributed by atoms with Crippen LogP contribution in [0, 0.1) is 6.92 Å². The number of hydrogen-bond acceptors (Lipinski definition) is 4. The lowest BCUT2D eigenvalue weighted by Gasteiger charge is -2.22. The Labute approximate surface area is 133 Å². The molecule has 1 saturated heterocycles. The Kier molecular flexibility index (Phi) is 3.33. The van der Waals surface area contributed by atoms with Gasteiger partial charge >= 0.3 is 0 Å². The molecular weight excluding hydrogens is 292 g/mol. The number of imidazole rings is 1. The number of carbonyl (C=O) groups is 1. The summed E-state index contributed by atoms with van der Waals surface area (Å²) in [4.78, 5) is 23.9. The Bertz CT molecular complexity index is 838. The third kappa shape index (κ3) is 2.58. The fraction of sp³-hybridized carbons (Fsp3) is 0.375. The summed E-state index contributed by atoms with van der Waals surface area (Å²) in [6.07, 6.45) is 5.07. The SMILES string of the molecule is Cc1ccc2nc(C3CCCN3C(=O)Cn3nccn3)[nH]c2c1. The normalized spacial score (nSPS) is 18.0. The van der Waals surface area contributed by atoms with Crippen LogP contribution < -0.4 is 0 Å². The summed E-state index contributed by atoms with van der Waals surface area (Å²) in [5.41, 5.74) is 3.16. The number of carbonyl (C=O) groups excluding carboxylic acids is 1. The number of nitrogens with one attached hydrogen (secondary N) is 1. The van der Waals surface area contributed by atoms with E-state index in [-0.39, 0.29) is 18.5 Å². The van der Waals surface area contributed by atoms with Gasteiger partial charge in [0.2, 0.25) is 5.91 Å². The third-order valence-electron chi connectivity index (χ3n) is 4.29. The first-order valence-electron chi connectivity index (χ1n) is 7.80. The van der Waals surface area contributed by atoms with Gasteiger partial charge in [-0.1, -0.05) is 6.07 Å². The minimum atomic E-state index is 0.00534. The molecule has 1 fully saturated rings. The van der Waals surface area contributed by atoms with Crippen molar-refractivity contribution in [2.45, 2.75) is 32.4 Å². The number of aromatic amines is 1. The molecule has 118 valence electrons. The summed E-state index contributed by atoms with van der Waals surface area (Å²) >= 11 is 0. The second-order valence-electron chi connectivity index (χ2n) is 5.95. The number of aryl methyl sites for hydroxylation is 1. The molecule has 23 heavy (non-hydrogen) atoms. The fourth-order valence-corrected chi connectivity index (χ4v) is 3.19. The van der Waals surface area contributed by atoms with Crippen molar-refractivity contribution in [3.8, 4) is 0 Å². The summed E-state index contributed by atoms with van der Waals surface area (Å²) in [6, 6.07) is 6.15. The van der Waals surface area contributed by atoms with E-state index in [4.69, 9.17) is 0 Å². The first-order chi connectivity index (χ1) is 11.2. The van der Waals surface area contributed by atoms with E-state index in [1.807, 2.05) is 17.0 Å². The van der Waals surface area contributed by atoms with Crippen molar-refractivity contribution in [2.75, 3.05) is 6.54 Å². The largest absolute Gasteiger partial charge is 0.340 e. The highest BCUT2D eigenvalue weighted by Crippen LogP contribution is 2.31. The van der Waals surface area contributed by atoms with E-state index in [9.17, 15) is 4.79 Å². The zero-order valence-corrected chi connectivity index (χ0v) is 12.9. The molecular formula is C16H18N6O. The van der Waals surface area contributed by atoms with Crippen LogP contribution in [0.1, 0.15) is 30.3 Å². The van der Waals surface area contributed by atoms with E-state index in [2.05, 4.69) is 33.2 Å². The van der Waals surface area contributed by atoms with Crippen LogP contribution in [0.5, 0.6) is 0 Å². The lowest BCUT2D eigenvalue weighted by Crippen LogP contribution is -2.34. The van der Waals surface area contributed by atoms with Crippen LogP contribution in [0.15, 0.2) is 30.6 Å². The average Bonchev–Trinajstić information content (AvgIpc) is 3.26. The maximum Gasteiger partial charge on any atom is 0.246 e. The molecule has 0 aliphatic carbocycles. The van der Waals surface area contributed by atoms with Crippen molar-refractivity contribution in [1.29, 1.82) is 0 Å². The molecule has 0 radical (unpaired) electrons. The monoisotopic (exact) mass is 310 g/mol. The molecule has 1 aliphatic heterocycles. The molecule has 1 aliphatic rings. The summed E-state index contributed by atoms with van der Waals surface area (Å²) in [7, 11) is 0. The van der Waals surface area contributed by atoms with Gasteiger partial charge in [-0.15, -0.1) is 0 Å². The van der Waals surface area contributed by atoms with Gasteiger partial charge in [0.25, 0.3) is 0 Å². The number of aromatic nitrogens is 5. The molecule has 4 rings (SSSR count). The maximum absolute atomic E-state index is 12.5. The number of benzene rings is 1. The number of nitrogens with zero attached hydrogens (tertiary/aromatic N) is 5. The van der Waals surface area contributed by atoms with Crippen molar-refractivity contribution in [2.24, 2.45) is 0 Å². The molecule has 7 nitrogen and oxygen atoms in total. The Hall–Kier alpha value is -2.70. The number of hydrogen-bond donors (Lipinski definition) is 1. The van der Waals surface area contributed by atoms with Gasteiger partial charge in [0, 0.05) is 6.54 Å². The topological polar surface area (TPSA) is 79.7 Å². The van der Waals surface area contributed by atoms with Gasteiger partial charge in [-0.3, -0.25) is 4.79 Å². The summed E-state index contributed by atoms with van der Waals surface area (Å²) < 4.78 is 0. The Balaban J connectivity index is 1.59. The number of rotatable bonds is 3. The van der Waals surface area contributed by atoms with Gasteiger partial charge in [-0.05, 0) is 37.5 Å². The maximum atomic E-state index is 12.5. The quantitative estimate of drug-likeness (QED) is 0.800. The van der Waals surface area contributed by atoms with Crippen LogP contribution in [-0.4, -0.2) is 42.3 Å².